The molecule has 3 N–H and O–H groups in total. The summed E-state index contributed by atoms with van der Waals surface area (Å²) in [6, 6.07) is 0.288. The lowest BCUT2D eigenvalue weighted by Gasteiger charge is -2.22. The van der Waals surface area contributed by atoms with Crippen molar-refractivity contribution >= 4 is 15.9 Å². The first-order valence-electron chi connectivity index (χ1n) is 6.22. The Kier molecular flexibility index (Phi) is 4.24. The molecule has 1 fully saturated rings. The molecule has 21 heavy (non-hydrogen) atoms. The summed E-state index contributed by atoms with van der Waals surface area (Å²) in [6.07, 6.45) is 1.10. The Bertz CT molecular complexity index is 651. The van der Waals surface area contributed by atoms with Crippen LogP contribution in [-0.2, 0) is 10.0 Å². The van der Waals surface area contributed by atoms with Crippen molar-refractivity contribution in [1.29, 1.82) is 5.41 Å². The van der Waals surface area contributed by atoms with Gasteiger partial charge in [0.1, 0.15) is 17.5 Å². The fraction of sp³-hybridized carbons (Fsp3) is 0.417. The Morgan fingerprint density at radius 2 is 1.81 bits per heavy atom. The fourth-order valence-corrected chi connectivity index (χ4v) is 3.76. The number of nitrogens with two attached hydrogens (primary N) is 1. The van der Waals surface area contributed by atoms with Gasteiger partial charge in [0.15, 0.2) is 4.90 Å². The van der Waals surface area contributed by atoms with Crippen LogP contribution in [0.15, 0.2) is 17.0 Å². The molecular weight excluding hydrogens is 307 g/mol. The summed E-state index contributed by atoms with van der Waals surface area (Å²) in [5, 5.41) is 7.13. The summed E-state index contributed by atoms with van der Waals surface area (Å²) in [7, 11) is -4.45. The number of hydrogen-bond acceptors (Lipinski definition) is 3. The van der Waals surface area contributed by atoms with E-state index in [1.807, 2.05) is 0 Å². The summed E-state index contributed by atoms with van der Waals surface area (Å²) >= 11 is 0. The van der Waals surface area contributed by atoms with Crippen LogP contribution in [0.3, 0.4) is 0 Å². The Balaban J connectivity index is 2.41. The van der Waals surface area contributed by atoms with Crippen LogP contribution < -0.4 is 5.73 Å². The van der Waals surface area contributed by atoms with E-state index in [0.29, 0.717) is 25.0 Å². The maximum Gasteiger partial charge on any atom is 0.249 e. The van der Waals surface area contributed by atoms with E-state index >= 15 is 0 Å². The van der Waals surface area contributed by atoms with E-state index in [1.165, 1.54) is 0 Å². The van der Waals surface area contributed by atoms with Crippen LogP contribution in [0.2, 0.25) is 0 Å². The van der Waals surface area contributed by atoms with Crippen molar-refractivity contribution in [2.75, 3.05) is 6.54 Å². The third-order valence-electron chi connectivity index (χ3n) is 3.09. The van der Waals surface area contributed by atoms with Crippen molar-refractivity contribution in [3.63, 3.8) is 0 Å². The lowest BCUT2D eigenvalue weighted by Crippen LogP contribution is -2.36. The Morgan fingerprint density at radius 3 is 2.24 bits per heavy atom. The van der Waals surface area contributed by atoms with Gasteiger partial charge in [-0.1, -0.05) is 0 Å². The van der Waals surface area contributed by atoms with Crippen LogP contribution in [0.4, 0.5) is 13.2 Å². The van der Waals surface area contributed by atoms with Crippen LogP contribution in [0.25, 0.3) is 0 Å². The molecule has 9 heteroatoms. The Labute approximate surface area is 120 Å². The number of hydrogen-bond donors (Lipinski definition) is 2. The van der Waals surface area contributed by atoms with E-state index in [-0.39, 0.29) is 24.8 Å². The highest BCUT2D eigenvalue weighted by Crippen LogP contribution is 2.34. The van der Waals surface area contributed by atoms with E-state index in [1.54, 1.807) is 0 Å². The quantitative estimate of drug-likeness (QED) is 0.616. The number of nitrogens with zero attached hydrogens (tertiary/aromatic N) is 1. The van der Waals surface area contributed by atoms with Crippen molar-refractivity contribution in [3.8, 4) is 0 Å². The maximum atomic E-state index is 13.7. The highest BCUT2D eigenvalue weighted by atomic mass is 32.2. The van der Waals surface area contributed by atoms with E-state index in [2.05, 4.69) is 0 Å². The van der Waals surface area contributed by atoms with Gasteiger partial charge in [0, 0.05) is 31.1 Å². The molecule has 0 heterocycles. The normalized spacial score (nSPS) is 15.4. The second-order valence-electron chi connectivity index (χ2n) is 4.82. The second-order valence-corrected chi connectivity index (χ2v) is 6.65. The third kappa shape index (κ3) is 3.35. The van der Waals surface area contributed by atoms with E-state index in [0.717, 1.165) is 4.31 Å². The average Bonchev–Trinajstić information content (AvgIpc) is 3.10. The molecule has 0 radical (unpaired) electrons. The molecule has 5 nitrogen and oxygen atoms in total. The maximum absolute atomic E-state index is 13.7. The van der Waals surface area contributed by atoms with Gasteiger partial charge in [-0.15, -0.1) is 0 Å². The van der Waals surface area contributed by atoms with Crippen molar-refractivity contribution in [3.05, 3.63) is 29.6 Å². The molecule has 1 aromatic carbocycles. The zero-order valence-electron chi connectivity index (χ0n) is 10.9. The molecule has 116 valence electrons. The average molecular weight is 321 g/mol. The molecule has 0 saturated heterocycles. The number of sulfonamides is 1. The molecule has 0 amide bonds. The van der Waals surface area contributed by atoms with Crippen LogP contribution >= 0.6 is 0 Å². The predicted molar refractivity (Wildman–Crippen MR) is 69.8 cm³/mol. The summed E-state index contributed by atoms with van der Waals surface area (Å²) in [6.45, 7) is -0.140. The fourth-order valence-electron chi connectivity index (χ4n) is 1.98. The van der Waals surface area contributed by atoms with Crippen LogP contribution in [0, 0.1) is 22.9 Å². The molecule has 2 rings (SSSR count). The minimum absolute atomic E-state index is 0.0415. The van der Waals surface area contributed by atoms with Gasteiger partial charge in [0.2, 0.25) is 10.0 Å². The van der Waals surface area contributed by atoms with Gasteiger partial charge in [0.25, 0.3) is 0 Å². The van der Waals surface area contributed by atoms with Gasteiger partial charge >= 0.3 is 0 Å². The minimum Gasteiger partial charge on any atom is -0.388 e. The molecule has 1 aliphatic carbocycles. The van der Waals surface area contributed by atoms with Crippen molar-refractivity contribution < 1.29 is 21.6 Å². The standard InChI is InChI=1S/C12H14F3N3O2S/c13-7-5-9(14)12(10(15)6-7)21(19,20)18(8-1-2-8)4-3-11(16)17/h5-6,8H,1-4H2,(H3,16,17). The monoisotopic (exact) mass is 321 g/mol. The van der Waals surface area contributed by atoms with Crippen molar-refractivity contribution in [2.45, 2.75) is 30.2 Å². The Morgan fingerprint density at radius 1 is 1.29 bits per heavy atom. The van der Waals surface area contributed by atoms with Gasteiger partial charge < -0.3 is 5.73 Å². The SMILES string of the molecule is N=C(N)CCN(C1CC1)S(=O)(=O)c1c(F)cc(F)cc1F. The third-order valence-corrected chi connectivity index (χ3v) is 5.09. The molecular formula is C12H14F3N3O2S. The summed E-state index contributed by atoms with van der Waals surface area (Å²) in [4.78, 5) is -1.17. The zero-order chi connectivity index (χ0) is 15.8. The predicted octanol–water partition coefficient (Wildman–Crippen LogP) is 1.58. The number of amidine groups is 1. The topological polar surface area (TPSA) is 87.2 Å². The van der Waals surface area contributed by atoms with Crippen molar-refractivity contribution in [2.24, 2.45) is 5.73 Å². The van der Waals surface area contributed by atoms with Gasteiger partial charge in [-0.05, 0) is 12.8 Å². The second kappa shape index (κ2) is 5.64. The molecule has 0 aromatic heterocycles. The number of halogens is 3. The highest BCUT2D eigenvalue weighted by Gasteiger charge is 2.40. The molecule has 1 aliphatic rings. The van der Waals surface area contributed by atoms with E-state index in [4.69, 9.17) is 11.1 Å². The minimum atomic E-state index is -4.45. The first-order valence-corrected chi connectivity index (χ1v) is 7.66. The number of rotatable bonds is 6. The summed E-state index contributed by atoms with van der Waals surface area (Å²) in [5.41, 5.74) is 5.19. The summed E-state index contributed by atoms with van der Waals surface area (Å²) < 4.78 is 66.0. The van der Waals surface area contributed by atoms with E-state index < -0.39 is 32.4 Å². The molecule has 0 unspecified atom stereocenters. The lowest BCUT2D eigenvalue weighted by molar-refractivity contribution is 0.401. The van der Waals surface area contributed by atoms with E-state index in [9.17, 15) is 21.6 Å². The molecule has 0 atom stereocenters. The van der Waals surface area contributed by atoms with Gasteiger partial charge in [-0.2, -0.15) is 4.31 Å². The highest BCUT2D eigenvalue weighted by molar-refractivity contribution is 7.89. The smallest absolute Gasteiger partial charge is 0.249 e. The molecule has 0 bridgehead atoms. The molecule has 1 saturated carbocycles. The lowest BCUT2D eigenvalue weighted by atomic mass is 10.3. The first kappa shape index (κ1) is 15.8. The van der Waals surface area contributed by atoms with Crippen molar-refractivity contribution in [1.82, 2.24) is 4.31 Å². The van der Waals surface area contributed by atoms with Gasteiger partial charge in [0.05, 0.1) is 5.84 Å². The number of nitrogens with one attached hydrogen (secondary N) is 1. The molecule has 1 aromatic rings. The van der Waals surface area contributed by atoms with Gasteiger partial charge in [-0.3, -0.25) is 5.41 Å². The number of benzene rings is 1. The largest absolute Gasteiger partial charge is 0.388 e. The Hall–Kier alpha value is -1.61. The summed E-state index contributed by atoms with van der Waals surface area (Å²) in [5.74, 6) is -4.36. The molecule has 0 spiro atoms. The van der Waals surface area contributed by atoms with Gasteiger partial charge in [-0.25, -0.2) is 21.6 Å². The van der Waals surface area contributed by atoms with Crippen LogP contribution in [-0.4, -0.2) is 31.1 Å². The van der Waals surface area contributed by atoms with Crippen LogP contribution in [0.5, 0.6) is 0 Å². The first-order chi connectivity index (χ1) is 9.73. The van der Waals surface area contributed by atoms with Crippen LogP contribution in [0.1, 0.15) is 19.3 Å². The molecule has 0 aliphatic heterocycles. The zero-order valence-corrected chi connectivity index (χ0v) is 11.8.